The monoisotopic (exact) mass is 271 g/mol. The predicted octanol–water partition coefficient (Wildman–Crippen LogP) is 1.98. The molecule has 1 aromatic carbocycles. The van der Waals surface area contributed by atoms with Crippen LogP contribution in [0.5, 0.6) is 0 Å². The van der Waals surface area contributed by atoms with Crippen LogP contribution in [0.1, 0.15) is 18.7 Å². The number of anilines is 1. The van der Waals surface area contributed by atoms with Gasteiger partial charge in [-0.1, -0.05) is 0 Å². The standard InChI is InChI=1S/C14H13N3O3/c1-8(12-3-2-6-20-12)15-9-4-5-10-11(7-9)17-14(19)13(18)16-10/h2-8,15H,1H3,(H,16,18)(H,17,19). The highest BCUT2D eigenvalue weighted by Gasteiger charge is 2.08. The molecule has 2 heterocycles. The fourth-order valence-electron chi connectivity index (χ4n) is 2.06. The molecule has 0 amide bonds. The van der Waals surface area contributed by atoms with Crippen molar-refractivity contribution in [2.75, 3.05) is 5.32 Å². The van der Waals surface area contributed by atoms with Crippen molar-refractivity contribution in [3.63, 3.8) is 0 Å². The molecule has 0 saturated carbocycles. The Hall–Kier alpha value is -2.76. The number of aromatic amines is 2. The highest BCUT2D eigenvalue weighted by molar-refractivity contribution is 5.78. The molecule has 0 saturated heterocycles. The second kappa shape index (κ2) is 4.73. The van der Waals surface area contributed by atoms with E-state index in [1.54, 1.807) is 18.4 Å². The summed E-state index contributed by atoms with van der Waals surface area (Å²) >= 11 is 0. The third-order valence-corrected chi connectivity index (χ3v) is 3.08. The Kier molecular flexibility index (Phi) is 2.90. The van der Waals surface area contributed by atoms with E-state index in [0.29, 0.717) is 11.0 Å². The molecule has 3 rings (SSSR count). The molecule has 0 spiro atoms. The van der Waals surface area contributed by atoms with Crippen molar-refractivity contribution in [1.29, 1.82) is 0 Å². The lowest BCUT2D eigenvalue weighted by Gasteiger charge is -2.13. The topological polar surface area (TPSA) is 90.9 Å². The van der Waals surface area contributed by atoms with Gasteiger partial charge in [0.25, 0.3) is 0 Å². The maximum absolute atomic E-state index is 11.3. The van der Waals surface area contributed by atoms with Crippen LogP contribution in [0, 0.1) is 0 Å². The summed E-state index contributed by atoms with van der Waals surface area (Å²) in [5.41, 5.74) is 0.678. The number of fused-ring (bicyclic) bond motifs is 1. The number of nitrogens with one attached hydrogen (secondary N) is 3. The zero-order valence-corrected chi connectivity index (χ0v) is 10.8. The minimum absolute atomic E-state index is 0.00284. The summed E-state index contributed by atoms with van der Waals surface area (Å²) in [4.78, 5) is 27.6. The maximum atomic E-state index is 11.3. The first-order valence-corrected chi connectivity index (χ1v) is 6.20. The molecule has 3 N–H and O–H groups in total. The van der Waals surface area contributed by atoms with Crippen molar-refractivity contribution in [3.05, 3.63) is 63.1 Å². The summed E-state index contributed by atoms with van der Waals surface area (Å²) in [5, 5.41) is 3.26. The minimum Gasteiger partial charge on any atom is -0.467 e. The van der Waals surface area contributed by atoms with Crippen LogP contribution in [0.4, 0.5) is 5.69 Å². The number of hydrogen-bond donors (Lipinski definition) is 3. The summed E-state index contributed by atoms with van der Waals surface area (Å²) in [6.45, 7) is 1.97. The average Bonchev–Trinajstić information content (AvgIpc) is 2.94. The molecule has 102 valence electrons. The number of H-pyrrole nitrogens is 2. The van der Waals surface area contributed by atoms with Crippen LogP contribution in [-0.2, 0) is 0 Å². The van der Waals surface area contributed by atoms with Crippen LogP contribution >= 0.6 is 0 Å². The van der Waals surface area contributed by atoms with Gasteiger partial charge in [0.1, 0.15) is 5.76 Å². The minimum atomic E-state index is -0.659. The van der Waals surface area contributed by atoms with Gasteiger partial charge in [-0.15, -0.1) is 0 Å². The van der Waals surface area contributed by atoms with E-state index in [2.05, 4.69) is 15.3 Å². The molecule has 0 fully saturated rings. The number of furan rings is 1. The second-order valence-corrected chi connectivity index (χ2v) is 4.55. The van der Waals surface area contributed by atoms with Crippen molar-refractivity contribution >= 4 is 16.7 Å². The van der Waals surface area contributed by atoms with Gasteiger partial charge in [0.05, 0.1) is 23.3 Å². The predicted molar refractivity (Wildman–Crippen MR) is 75.9 cm³/mol. The largest absolute Gasteiger partial charge is 0.467 e. The Morgan fingerprint density at radius 3 is 2.55 bits per heavy atom. The fraction of sp³-hybridized carbons (Fsp3) is 0.143. The van der Waals surface area contributed by atoms with E-state index in [0.717, 1.165) is 11.4 Å². The van der Waals surface area contributed by atoms with Gasteiger partial charge < -0.3 is 19.7 Å². The Morgan fingerprint density at radius 1 is 1.10 bits per heavy atom. The molecule has 20 heavy (non-hydrogen) atoms. The number of benzene rings is 1. The van der Waals surface area contributed by atoms with E-state index < -0.39 is 11.1 Å². The number of rotatable bonds is 3. The first kappa shape index (κ1) is 12.3. The van der Waals surface area contributed by atoms with Crippen LogP contribution in [0.25, 0.3) is 11.0 Å². The van der Waals surface area contributed by atoms with Crippen LogP contribution in [-0.4, -0.2) is 9.97 Å². The quantitative estimate of drug-likeness (QED) is 0.635. The zero-order valence-electron chi connectivity index (χ0n) is 10.8. The lowest BCUT2D eigenvalue weighted by molar-refractivity contribution is 0.490. The van der Waals surface area contributed by atoms with Crippen molar-refractivity contribution < 1.29 is 4.42 Å². The third-order valence-electron chi connectivity index (χ3n) is 3.08. The van der Waals surface area contributed by atoms with Gasteiger partial charge in [-0.3, -0.25) is 9.59 Å². The summed E-state index contributed by atoms with van der Waals surface area (Å²) < 4.78 is 5.32. The second-order valence-electron chi connectivity index (χ2n) is 4.55. The van der Waals surface area contributed by atoms with Gasteiger partial charge >= 0.3 is 11.1 Å². The molecule has 0 bridgehead atoms. The molecule has 6 nitrogen and oxygen atoms in total. The van der Waals surface area contributed by atoms with Gasteiger partial charge in [0.15, 0.2) is 0 Å². The zero-order chi connectivity index (χ0) is 14.1. The highest BCUT2D eigenvalue weighted by atomic mass is 16.3. The van der Waals surface area contributed by atoms with Crippen LogP contribution < -0.4 is 16.4 Å². The fourth-order valence-corrected chi connectivity index (χ4v) is 2.06. The molecular weight excluding hydrogens is 258 g/mol. The first-order chi connectivity index (χ1) is 9.63. The molecule has 1 unspecified atom stereocenters. The summed E-state index contributed by atoms with van der Waals surface area (Å²) in [7, 11) is 0. The van der Waals surface area contributed by atoms with Crippen molar-refractivity contribution in [2.45, 2.75) is 13.0 Å². The van der Waals surface area contributed by atoms with Crippen molar-refractivity contribution in [2.24, 2.45) is 0 Å². The molecule has 0 aliphatic rings. The van der Waals surface area contributed by atoms with E-state index in [4.69, 9.17) is 4.42 Å². The highest BCUT2D eigenvalue weighted by Crippen LogP contribution is 2.21. The molecule has 0 aliphatic carbocycles. The van der Waals surface area contributed by atoms with E-state index in [1.165, 1.54) is 0 Å². The van der Waals surface area contributed by atoms with E-state index in [9.17, 15) is 9.59 Å². The molecule has 0 aliphatic heterocycles. The van der Waals surface area contributed by atoms with Gasteiger partial charge in [-0.25, -0.2) is 0 Å². The molecule has 2 aromatic heterocycles. The van der Waals surface area contributed by atoms with Gasteiger partial charge in [-0.05, 0) is 37.3 Å². The van der Waals surface area contributed by atoms with Gasteiger partial charge in [-0.2, -0.15) is 0 Å². The molecule has 6 heteroatoms. The summed E-state index contributed by atoms with van der Waals surface area (Å²) in [6.07, 6.45) is 1.62. The van der Waals surface area contributed by atoms with Crippen molar-refractivity contribution in [1.82, 2.24) is 9.97 Å². The number of hydrogen-bond acceptors (Lipinski definition) is 4. The van der Waals surface area contributed by atoms with Crippen LogP contribution in [0.15, 0.2) is 50.6 Å². The smallest absolute Gasteiger partial charge is 0.314 e. The van der Waals surface area contributed by atoms with Crippen molar-refractivity contribution in [3.8, 4) is 0 Å². The van der Waals surface area contributed by atoms with E-state index in [1.807, 2.05) is 25.1 Å². The number of aromatic nitrogens is 2. The van der Waals surface area contributed by atoms with E-state index in [-0.39, 0.29) is 6.04 Å². The lowest BCUT2D eigenvalue weighted by atomic mass is 10.2. The van der Waals surface area contributed by atoms with Gasteiger partial charge in [0, 0.05) is 5.69 Å². The molecule has 0 radical (unpaired) electrons. The Labute approximate surface area is 113 Å². The maximum Gasteiger partial charge on any atom is 0.314 e. The Bertz CT molecular complexity index is 846. The molecule has 1 atom stereocenters. The summed E-state index contributed by atoms with van der Waals surface area (Å²) in [6, 6.07) is 9.05. The normalized spacial score (nSPS) is 12.4. The van der Waals surface area contributed by atoms with E-state index >= 15 is 0 Å². The molecule has 3 aromatic rings. The Balaban J connectivity index is 1.95. The van der Waals surface area contributed by atoms with Crippen LogP contribution in [0.2, 0.25) is 0 Å². The average molecular weight is 271 g/mol. The first-order valence-electron chi connectivity index (χ1n) is 6.20. The SMILES string of the molecule is CC(Nc1ccc2[nH]c(=O)c(=O)[nH]c2c1)c1ccco1. The van der Waals surface area contributed by atoms with Gasteiger partial charge in [0.2, 0.25) is 0 Å². The lowest BCUT2D eigenvalue weighted by Crippen LogP contribution is -2.28. The Morgan fingerprint density at radius 2 is 1.85 bits per heavy atom. The van der Waals surface area contributed by atoms with Crippen LogP contribution in [0.3, 0.4) is 0 Å². The molecular formula is C14H13N3O3. The summed E-state index contributed by atoms with van der Waals surface area (Å²) in [5.74, 6) is 0.819. The third kappa shape index (κ3) is 2.23.